The van der Waals surface area contributed by atoms with Crippen molar-refractivity contribution >= 4 is 22.8 Å². The van der Waals surface area contributed by atoms with Crippen LogP contribution >= 0.6 is 11.8 Å². The first kappa shape index (κ1) is 20.4. The van der Waals surface area contributed by atoms with Gasteiger partial charge in [0, 0.05) is 18.3 Å². The van der Waals surface area contributed by atoms with E-state index in [9.17, 15) is 9.18 Å². The van der Waals surface area contributed by atoms with Gasteiger partial charge in [-0.05, 0) is 42.5 Å². The van der Waals surface area contributed by atoms with Crippen LogP contribution in [-0.4, -0.2) is 39.8 Å². The molecule has 31 heavy (non-hydrogen) atoms. The van der Waals surface area contributed by atoms with Crippen LogP contribution in [0.3, 0.4) is 0 Å². The molecule has 0 bridgehead atoms. The Morgan fingerprint density at radius 1 is 1.06 bits per heavy atom. The van der Waals surface area contributed by atoms with Gasteiger partial charge in [-0.3, -0.25) is 10.2 Å². The van der Waals surface area contributed by atoms with E-state index in [0.717, 1.165) is 42.8 Å². The molecule has 162 valence electrons. The molecule has 2 aromatic carbocycles. The minimum absolute atomic E-state index is 0.0284. The fraction of sp³-hybridized carbons (Fsp3) is 0.417. The Bertz CT molecular complexity index is 969. The van der Waals surface area contributed by atoms with Gasteiger partial charge in [0.05, 0.1) is 5.92 Å². The molecule has 7 heteroatoms. The lowest BCUT2D eigenvalue weighted by Crippen LogP contribution is -2.67. The normalized spacial score (nSPS) is 25.0. The quantitative estimate of drug-likeness (QED) is 0.762. The number of nitrogens with one attached hydrogen (secondary N) is 1. The molecule has 3 atom stereocenters. The van der Waals surface area contributed by atoms with E-state index >= 15 is 0 Å². The minimum Gasteiger partial charge on any atom is -0.307 e. The molecule has 1 amide bonds. The van der Waals surface area contributed by atoms with Gasteiger partial charge < -0.3 is 9.80 Å². The molecule has 1 saturated carbocycles. The van der Waals surface area contributed by atoms with Gasteiger partial charge in [-0.15, -0.1) is 0 Å². The number of rotatable bonds is 5. The van der Waals surface area contributed by atoms with E-state index in [-0.39, 0.29) is 30.0 Å². The molecule has 0 radical (unpaired) electrons. The standard InChI is InChI=1S/C24H27FN4OS/c25-19-10-6-9-18(15-19)16-31-24-27-26-23-28(14-13-17-7-2-1-3-8-17)22(30)20-11-4-5-12-21(20)29(23)24/h1-3,6-10,15,20-21,23,26H,4-5,11-14,16H2. The number of thioether (sulfide) groups is 1. The van der Waals surface area contributed by atoms with Crippen LogP contribution in [0.1, 0.15) is 36.8 Å². The van der Waals surface area contributed by atoms with Gasteiger partial charge in [0.2, 0.25) is 5.91 Å². The van der Waals surface area contributed by atoms with Gasteiger partial charge in [-0.1, -0.05) is 67.1 Å². The monoisotopic (exact) mass is 438 g/mol. The van der Waals surface area contributed by atoms with Crippen molar-refractivity contribution in [1.82, 2.24) is 15.2 Å². The Kier molecular flexibility index (Phi) is 5.85. The Hall–Kier alpha value is -2.54. The van der Waals surface area contributed by atoms with E-state index in [4.69, 9.17) is 0 Å². The van der Waals surface area contributed by atoms with E-state index in [1.54, 1.807) is 23.9 Å². The van der Waals surface area contributed by atoms with E-state index < -0.39 is 0 Å². The van der Waals surface area contributed by atoms with Crippen molar-refractivity contribution in [3.63, 3.8) is 0 Å². The SMILES string of the molecule is O=C1C2CCCCC2N2C(SCc3cccc(F)c3)=NNC2N1CCc1ccccc1. The van der Waals surface area contributed by atoms with Gasteiger partial charge in [0.25, 0.3) is 0 Å². The predicted octanol–water partition coefficient (Wildman–Crippen LogP) is 4.16. The molecular weight excluding hydrogens is 411 g/mol. The maximum absolute atomic E-state index is 13.6. The summed E-state index contributed by atoms with van der Waals surface area (Å²) < 4.78 is 13.6. The summed E-state index contributed by atoms with van der Waals surface area (Å²) in [6.45, 7) is 0.664. The molecule has 1 N–H and O–H groups in total. The van der Waals surface area contributed by atoms with E-state index in [1.165, 1.54) is 11.6 Å². The van der Waals surface area contributed by atoms with Crippen molar-refractivity contribution in [2.75, 3.05) is 6.54 Å². The van der Waals surface area contributed by atoms with Gasteiger partial charge in [-0.2, -0.15) is 5.10 Å². The molecule has 0 spiro atoms. The van der Waals surface area contributed by atoms with Crippen molar-refractivity contribution in [2.24, 2.45) is 11.0 Å². The summed E-state index contributed by atoms with van der Waals surface area (Å²) >= 11 is 1.61. The van der Waals surface area contributed by atoms with Crippen LogP contribution in [0, 0.1) is 11.7 Å². The van der Waals surface area contributed by atoms with Crippen LogP contribution in [-0.2, 0) is 17.0 Å². The lowest BCUT2D eigenvalue weighted by atomic mass is 9.81. The summed E-state index contributed by atoms with van der Waals surface area (Å²) in [6.07, 6.45) is 4.79. The van der Waals surface area contributed by atoms with Crippen LogP contribution < -0.4 is 5.43 Å². The molecule has 0 aromatic heterocycles. The second kappa shape index (κ2) is 8.91. The molecule has 3 aliphatic rings. The first-order valence-electron chi connectivity index (χ1n) is 11.0. The molecule has 2 fully saturated rings. The average Bonchev–Trinajstić information content (AvgIpc) is 3.22. The summed E-state index contributed by atoms with van der Waals surface area (Å²) in [5.74, 6) is 0.712. The predicted molar refractivity (Wildman–Crippen MR) is 121 cm³/mol. The number of hydrogen-bond acceptors (Lipinski definition) is 5. The maximum Gasteiger partial charge on any atom is 0.230 e. The summed E-state index contributed by atoms with van der Waals surface area (Å²) in [7, 11) is 0. The molecule has 2 heterocycles. The molecule has 1 aliphatic carbocycles. The Balaban J connectivity index is 1.33. The highest BCUT2D eigenvalue weighted by Gasteiger charge is 2.50. The van der Waals surface area contributed by atoms with Crippen molar-refractivity contribution in [2.45, 2.75) is 50.2 Å². The Morgan fingerprint density at radius 3 is 2.71 bits per heavy atom. The number of carbonyl (C=O) groups is 1. The van der Waals surface area contributed by atoms with E-state index in [1.807, 2.05) is 29.2 Å². The van der Waals surface area contributed by atoms with Crippen molar-refractivity contribution < 1.29 is 9.18 Å². The molecule has 3 unspecified atom stereocenters. The number of amides is 1. The zero-order valence-corrected chi connectivity index (χ0v) is 18.2. The van der Waals surface area contributed by atoms with Crippen LogP contribution in [0.15, 0.2) is 59.7 Å². The summed E-state index contributed by atoms with van der Waals surface area (Å²) in [6, 6.07) is 17.2. The summed E-state index contributed by atoms with van der Waals surface area (Å²) in [4.78, 5) is 17.7. The van der Waals surface area contributed by atoms with Crippen LogP contribution in [0.2, 0.25) is 0 Å². The third-order valence-corrected chi connectivity index (χ3v) is 7.52. The van der Waals surface area contributed by atoms with Crippen LogP contribution in [0.5, 0.6) is 0 Å². The molecule has 2 aromatic rings. The second-order valence-corrected chi connectivity index (χ2v) is 9.39. The zero-order valence-electron chi connectivity index (χ0n) is 17.4. The van der Waals surface area contributed by atoms with Crippen molar-refractivity contribution in [3.05, 3.63) is 71.5 Å². The topological polar surface area (TPSA) is 47.9 Å². The zero-order chi connectivity index (χ0) is 21.2. The van der Waals surface area contributed by atoms with Crippen LogP contribution in [0.25, 0.3) is 0 Å². The van der Waals surface area contributed by atoms with Gasteiger partial charge >= 0.3 is 0 Å². The highest BCUT2D eigenvalue weighted by molar-refractivity contribution is 8.13. The molecular formula is C24H27FN4OS. The minimum atomic E-state index is -0.231. The smallest absolute Gasteiger partial charge is 0.230 e. The Labute approximate surface area is 186 Å². The van der Waals surface area contributed by atoms with E-state index in [2.05, 4.69) is 27.6 Å². The number of fused-ring (bicyclic) bond motifs is 3. The molecule has 5 nitrogen and oxygen atoms in total. The number of halogens is 1. The number of carbonyl (C=O) groups excluding carboxylic acids is 1. The summed E-state index contributed by atoms with van der Waals surface area (Å²) in [5, 5.41) is 5.52. The third-order valence-electron chi connectivity index (χ3n) is 6.48. The molecule has 1 saturated heterocycles. The fourth-order valence-electron chi connectivity index (χ4n) is 4.95. The maximum atomic E-state index is 13.6. The lowest BCUT2D eigenvalue weighted by Gasteiger charge is -2.50. The summed E-state index contributed by atoms with van der Waals surface area (Å²) in [5.41, 5.74) is 5.39. The lowest BCUT2D eigenvalue weighted by molar-refractivity contribution is -0.155. The third kappa shape index (κ3) is 4.15. The highest BCUT2D eigenvalue weighted by atomic mass is 32.2. The van der Waals surface area contributed by atoms with Crippen molar-refractivity contribution in [1.29, 1.82) is 0 Å². The van der Waals surface area contributed by atoms with Gasteiger partial charge in [0.1, 0.15) is 5.82 Å². The fourth-order valence-corrected chi connectivity index (χ4v) is 5.93. The number of nitrogens with zero attached hydrogens (tertiary/aromatic N) is 3. The first-order valence-corrected chi connectivity index (χ1v) is 12.0. The molecule has 2 aliphatic heterocycles. The second-order valence-electron chi connectivity index (χ2n) is 8.45. The first-order chi connectivity index (χ1) is 15.2. The van der Waals surface area contributed by atoms with E-state index in [0.29, 0.717) is 12.3 Å². The average molecular weight is 439 g/mol. The van der Waals surface area contributed by atoms with Crippen molar-refractivity contribution in [3.8, 4) is 0 Å². The highest BCUT2D eigenvalue weighted by Crippen LogP contribution is 2.39. The Morgan fingerprint density at radius 2 is 1.87 bits per heavy atom. The number of hydrogen-bond donors (Lipinski definition) is 1. The number of hydrazone groups is 1. The molecule has 5 rings (SSSR count). The number of benzene rings is 2. The van der Waals surface area contributed by atoms with Crippen LogP contribution in [0.4, 0.5) is 4.39 Å². The largest absolute Gasteiger partial charge is 0.307 e. The van der Waals surface area contributed by atoms with Gasteiger partial charge in [0.15, 0.2) is 11.5 Å². The number of amidine groups is 1. The van der Waals surface area contributed by atoms with Gasteiger partial charge in [-0.25, -0.2) is 4.39 Å².